The third-order valence-corrected chi connectivity index (χ3v) is 6.30. The standard InChI is InChI=1S/C26H25N3O3S/c1-17-5-10-22(11-6-17)29-25(19-7-12-23(31-3)13-8-19)27-28-26(29)33-16-21-15-20(18(2)30)9-14-24(21)32-4/h5-15H,16H2,1-4H3. The Balaban J connectivity index is 1.73. The van der Waals surface area contributed by atoms with E-state index in [0.29, 0.717) is 11.3 Å². The Morgan fingerprint density at radius 1 is 0.939 bits per heavy atom. The van der Waals surface area contributed by atoms with Gasteiger partial charge in [-0.3, -0.25) is 9.36 Å². The largest absolute Gasteiger partial charge is 0.497 e. The lowest BCUT2D eigenvalue weighted by molar-refractivity contribution is 0.101. The van der Waals surface area contributed by atoms with E-state index in [-0.39, 0.29) is 5.78 Å². The fraction of sp³-hybridized carbons (Fsp3) is 0.192. The second kappa shape index (κ2) is 9.92. The predicted molar refractivity (Wildman–Crippen MR) is 131 cm³/mol. The van der Waals surface area contributed by atoms with Gasteiger partial charge in [-0.2, -0.15) is 0 Å². The molecule has 0 aliphatic rings. The number of rotatable bonds is 8. The van der Waals surface area contributed by atoms with E-state index in [1.54, 1.807) is 39.0 Å². The van der Waals surface area contributed by atoms with Crippen molar-refractivity contribution in [3.8, 4) is 28.6 Å². The lowest BCUT2D eigenvalue weighted by Gasteiger charge is -2.12. The van der Waals surface area contributed by atoms with Crippen molar-refractivity contribution in [2.45, 2.75) is 24.8 Å². The van der Waals surface area contributed by atoms with Gasteiger partial charge < -0.3 is 9.47 Å². The molecule has 7 heteroatoms. The van der Waals surface area contributed by atoms with E-state index < -0.39 is 0 Å². The molecule has 0 aliphatic carbocycles. The van der Waals surface area contributed by atoms with Crippen molar-refractivity contribution in [2.75, 3.05) is 14.2 Å². The molecule has 0 aliphatic heterocycles. The van der Waals surface area contributed by atoms with Gasteiger partial charge in [-0.25, -0.2) is 0 Å². The third kappa shape index (κ3) is 4.93. The van der Waals surface area contributed by atoms with Crippen molar-refractivity contribution < 1.29 is 14.3 Å². The molecule has 168 valence electrons. The third-order valence-electron chi connectivity index (χ3n) is 5.32. The highest BCUT2D eigenvalue weighted by molar-refractivity contribution is 7.98. The Labute approximate surface area is 197 Å². The number of aryl methyl sites for hydroxylation is 1. The number of benzene rings is 3. The summed E-state index contributed by atoms with van der Waals surface area (Å²) in [5.74, 6) is 2.87. The van der Waals surface area contributed by atoms with E-state index >= 15 is 0 Å². The van der Waals surface area contributed by atoms with Crippen LogP contribution in [0.25, 0.3) is 17.1 Å². The Kier molecular flexibility index (Phi) is 6.79. The number of thioether (sulfide) groups is 1. The van der Waals surface area contributed by atoms with E-state index in [0.717, 1.165) is 39.3 Å². The first-order valence-corrected chi connectivity index (χ1v) is 11.5. The molecule has 0 unspecified atom stereocenters. The molecule has 3 aromatic carbocycles. The Morgan fingerprint density at radius 3 is 2.30 bits per heavy atom. The van der Waals surface area contributed by atoms with Crippen LogP contribution in [0.15, 0.2) is 71.9 Å². The molecule has 0 amide bonds. The number of Topliss-reactive ketones (excluding diaryl/α,β-unsaturated/α-hetero) is 1. The molecule has 6 nitrogen and oxygen atoms in total. The minimum absolute atomic E-state index is 0.0218. The lowest BCUT2D eigenvalue weighted by Crippen LogP contribution is -2.01. The zero-order valence-corrected chi connectivity index (χ0v) is 19.8. The number of hydrogen-bond donors (Lipinski definition) is 0. The maximum Gasteiger partial charge on any atom is 0.196 e. The molecule has 4 rings (SSSR count). The quantitative estimate of drug-likeness (QED) is 0.247. The zero-order valence-electron chi connectivity index (χ0n) is 19.0. The molecule has 1 heterocycles. The summed E-state index contributed by atoms with van der Waals surface area (Å²) in [5, 5.41) is 9.76. The van der Waals surface area contributed by atoms with Gasteiger partial charge in [-0.05, 0) is 68.4 Å². The highest BCUT2D eigenvalue weighted by Crippen LogP contribution is 2.33. The number of hydrogen-bond acceptors (Lipinski definition) is 6. The van der Waals surface area contributed by atoms with Crippen molar-refractivity contribution >= 4 is 17.5 Å². The molecule has 0 atom stereocenters. The van der Waals surface area contributed by atoms with Crippen LogP contribution in [0.5, 0.6) is 11.5 Å². The molecule has 0 fully saturated rings. The highest BCUT2D eigenvalue weighted by atomic mass is 32.2. The van der Waals surface area contributed by atoms with E-state index in [1.807, 2.05) is 41.0 Å². The summed E-state index contributed by atoms with van der Waals surface area (Å²) in [4.78, 5) is 11.9. The number of aromatic nitrogens is 3. The molecule has 0 saturated carbocycles. The van der Waals surface area contributed by atoms with Gasteiger partial charge in [0.05, 0.1) is 14.2 Å². The van der Waals surface area contributed by atoms with Crippen LogP contribution in [0, 0.1) is 6.92 Å². The SMILES string of the molecule is COc1ccc(-c2nnc(SCc3cc(C(C)=O)ccc3OC)n2-c2ccc(C)cc2)cc1. The topological polar surface area (TPSA) is 66.2 Å². The summed E-state index contributed by atoms with van der Waals surface area (Å²) in [6.07, 6.45) is 0. The first-order chi connectivity index (χ1) is 16.0. The molecule has 0 saturated heterocycles. The normalized spacial score (nSPS) is 10.8. The van der Waals surface area contributed by atoms with E-state index in [1.165, 1.54) is 5.56 Å². The van der Waals surface area contributed by atoms with Gasteiger partial charge in [0.1, 0.15) is 11.5 Å². The van der Waals surface area contributed by atoms with Crippen LogP contribution in [0.4, 0.5) is 0 Å². The van der Waals surface area contributed by atoms with Crippen molar-refractivity contribution in [1.82, 2.24) is 14.8 Å². The fourth-order valence-electron chi connectivity index (χ4n) is 3.47. The highest BCUT2D eigenvalue weighted by Gasteiger charge is 2.17. The number of ketones is 1. The van der Waals surface area contributed by atoms with Gasteiger partial charge in [0, 0.05) is 28.1 Å². The van der Waals surface area contributed by atoms with Crippen LogP contribution >= 0.6 is 11.8 Å². The van der Waals surface area contributed by atoms with Crippen LogP contribution in [0.1, 0.15) is 28.4 Å². The van der Waals surface area contributed by atoms with Crippen molar-refractivity contribution in [1.29, 1.82) is 0 Å². The lowest BCUT2D eigenvalue weighted by atomic mass is 10.1. The molecule has 0 bridgehead atoms. The Hall–Kier alpha value is -3.58. The van der Waals surface area contributed by atoms with Gasteiger partial charge in [-0.1, -0.05) is 29.5 Å². The summed E-state index contributed by atoms with van der Waals surface area (Å²) in [6.45, 7) is 3.62. The number of ether oxygens (including phenoxy) is 2. The molecule has 0 N–H and O–H groups in total. The summed E-state index contributed by atoms with van der Waals surface area (Å²) in [7, 11) is 3.28. The van der Waals surface area contributed by atoms with Crippen LogP contribution < -0.4 is 9.47 Å². The molecule has 1 aromatic heterocycles. The maximum atomic E-state index is 11.9. The summed E-state index contributed by atoms with van der Waals surface area (Å²) >= 11 is 1.55. The van der Waals surface area contributed by atoms with Gasteiger partial charge in [0.25, 0.3) is 0 Å². The first-order valence-electron chi connectivity index (χ1n) is 10.5. The van der Waals surface area contributed by atoms with Crippen LogP contribution in [-0.4, -0.2) is 34.8 Å². The molecular weight excluding hydrogens is 434 g/mol. The average Bonchev–Trinajstić information content (AvgIpc) is 3.27. The molecule has 33 heavy (non-hydrogen) atoms. The maximum absolute atomic E-state index is 11.9. The second-order valence-electron chi connectivity index (χ2n) is 7.58. The zero-order chi connectivity index (χ0) is 23.4. The van der Waals surface area contributed by atoms with Gasteiger partial charge in [0.15, 0.2) is 16.8 Å². The molecule has 4 aromatic rings. The fourth-order valence-corrected chi connectivity index (χ4v) is 4.40. The monoisotopic (exact) mass is 459 g/mol. The van der Waals surface area contributed by atoms with Gasteiger partial charge >= 0.3 is 0 Å². The molecular formula is C26H25N3O3S. The minimum Gasteiger partial charge on any atom is -0.497 e. The van der Waals surface area contributed by atoms with Crippen molar-refractivity contribution in [3.63, 3.8) is 0 Å². The molecule has 0 spiro atoms. The minimum atomic E-state index is 0.0218. The van der Waals surface area contributed by atoms with Gasteiger partial charge in [0.2, 0.25) is 0 Å². The van der Waals surface area contributed by atoms with E-state index in [2.05, 4.69) is 41.4 Å². The van der Waals surface area contributed by atoms with Crippen molar-refractivity contribution in [2.24, 2.45) is 0 Å². The molecule has 0 radical (unpaired) electrons. The summed E-state index contributed by atoms with van der Waals surface area (Å²) < 4.78 is 12.9. The number of methoxy groups -OCH3 is 2. The Bertz CT molecular complexity index is 1270. The van der Waals surface area contributed by atoms with Gasteiger partial charge in [-0.15, -0.1) is 10.2 Å². The number of nitrogens with zero attached hydrogens (tertiary/aromatic N) is 3. The number of carbonyl (C=O) groups excluding carboxylic acids is 1. The van der Waals surface area contributed by atoms with Crippen LogP contribution in [-0.2, 0) is 5.75 Å². The first kappa shape index (κ1) is 22.6. The predicted octanol–water partition coefficient (Wildman–Crippen LogP) is 5.75. The number of carbonyl (C=O) groups is 1. The smallest absolute Gasteiger partial charge is 0.196 e. The Morgan fingerprint density at radius 2 is 1.67 bits per heavy atom. The summed E-state index contributed by atoms with van der Waals surface area (Å²) in [5.41, 5.74) is 4.68. The van der Waals surface area contributed by atoms with Crippen LogP contribution in [0.3, 0.4) is 0 Å². The van der Waals surface area contributed by atoms with E-state index in [4.69, 9.17) is 9.47 Å². The van der Waals surface area contributed by atoms with Crippen molar-refractivity contribution in [3.05, 3.63) is 83.4 Å². The van der Waals surface area contributed by atoms with E-state index in [9.17, 15) is 4.79 Å². The summed E-state index contributed by atoms with van der Waals surface area (Å²) in [6, 6.07) is 21.5. The van der Waals surface area contributed by atoms with Crippen LogP contribution in [0.2, 0.25) is 0 Å². The average molecular weight is 460 g/mol. The second-order valence-corrected chi connectivity index (χ2v) is 8.52.